The normalized spacial score (nSPS) is 11.1. The third kappa shape index (κ3) is 2.56. The van der Waals surface area contributed by atoms with Gasteiger partial charge in [-0.3, -0.25) is 4.98 Å². The lowest BCUT2D eigenvalue weighted by atomic mass is 10.1. The number of aromatic nitrogens is 2. The van der Waals surface area contributed by atoms with E-state index in [2.05, 4.69) is 94.3 Å². The third-order valence-corrected chi connectivity index (χ3v) is 5.03. The van der Waals surface area contributed by atoms with Crippen molar-refractivity contribution in [1.29, 1.82) is 0 Å². The molecule has 0 saturated carbocycles. The number of rotatable bonds is 3. The van der Waals surface area contributed by atoms with Gasteiger partial charge in [-0.2, -0.15) is 0 Å². The number of para-hydroxylation sites is 2. The molecule has 5 rings (SSSR count). The molecule has 0 spiro atoms. The highest BCUT2D eigenvalue weighted by Gasteiger charge is 2.15. The molecule has 3 aromatic carbocycles. The maximum Gasteiger partial charge on any atom is 0.0959 e. The number of benzene rings is 3. The molecule has 0 bridgehead atoms. The zero-order chi connectivity index (χ0) is 18.2. The fraction of sp³-hybridized carbons (Fsp3) is 0.0417. The fourth-order valence-electron chi connectivity index (χ4n) is 3.74. The second kappa shape index (κ2) is 6.29. The maximum atomic E-state index is 4.59. The summed E-state index contributed by atoms with van der Waals surface area (Å²) in [7, 11) is 2.10. The van der Waals surface area contributed by atoms with E-state index in [1.165, 1.54) is 10.9 Å². The van der Waals surface area contributed by atoms with E-state index in [9.17, 15) is 0 Å². The second-order valence-electron chi connectivity index (χ2n) is 6.64. The molecular weight excluding hydrogens is 330 g/mol. The Balaban J connectivity index is 1.76. The van der Waals surface area contributed by atoms with Gasteiger partial charge in [0.2, 0.25) is 0 Å². The van der Waals surface area contributed by atoms with Crippen LogP contribution in [0.2, 0.25) is 0 Å². The first-order chi connectivity index (χ1) is 13.3. The topological polar surface area (TPSA) is 21.1 Å². The van der Waals surface area contributed by atoms with E-state index >= 15 is 0 Å². The average molecular weight is 349 g/mol. The number of anilines is 3. The molecule has 0 aliphatic heterocycles. The fourth-order valence-corrected chi connectivity index (χ4v) is 3.74. The van der Waals surface area contributed by atoms with Crippen LogP contribution in [0.15, 0.2) is 97.2 Å². The molecule has 0 radical (unpaired) electrons. The molecule has 0 fully saturated rings. The predicted octanol–water partition coefficient (Wildman–Crippen LogP) is 6.20. The van der Waals surface area contributed by atoms with Crippen LogP contribution in [0, 0.1) is 0 Å². The summed E-state index contributed by atoms with van der Waals surface area (Å²) in [5, 5.41) is 1.18. The van der Waals surface area contributed by atoms with Crippen molar-refractivity contribution in [3.8, 4) is 0 Å². The first-order valence-corrected chi connectivity index (χ1v) is 9.06. The van der Waals surface area contributed by atoms with E-state index in [-0.39, 0.29) is 0 Å². The van der Waals surface area contributed by atoms with Crippen LogP contribution in [-0.4, -0.2) is 9.55 Å². The smallest absolute Gasteiger partial charge is 0.0959 e. The summed E-state index contributed by atoms with van der Waals surface area (Å²) in [5.74, 6) is 0. The highest BCUT2D eigenvalue weighted by atomic mass is 15.1. The number of fused-ring (bicyclic) bond motifs is 3. The SMILES string of the molecule is Cn1c2cc(N(c3ccccc3)c3ccccc3)ccc2c2ncccc21. The molecule has 3 heteroatoms. The number of nitrogens with zero attached hydrogens (tertiary/aromatic N) is 3. The van der Waals surface area contributed by atoms with Crippen molar-refractivity contribution in [2.75, 3.05) is 4.90 Å². The molecule has 0 N–H and O–H groups in total. The number of hydrogen-bond donors (Lipinski definition) is 0. The molecule has 2 aromatic heterocycles. The maximum absolute atomic E-state index is 4.59. The first kappa shape index (κ1) is 15.6. The molecular formula is C24H19N3. The monoisotopic (exact) mass is 349 g/mol. The zero-order valence-corrected chi connectivity index (χ0v) is 15.1. The lowest BCUT2D eigenvalue weighted by Crippen LogP contribution is -2.09. The molecule has 0 aliphatic carbocycles. The van der Waals surface area contributed by atoms with E-state index in [0.29, 0.717) is 0 Å². The highest BCUT2D eigenvalue weighted by Crippen LogP contribution is 2.37. The van der Waals surface area contributed by atoms with Gasteiger partial charge in [-0.1, -0.05) is 36.4 Å². The van der Waals surface area contributed by atoms with Gasteiger partial charge in [-0.25, -0.2) is 0 Å². The Morgan fingerprint density at radius 1 is 0.667 bits per heavy atom. The minimum Gasteiger partial charge on any atom is -0.342 e. The Kier molecular flexibility index (Phi) is 3.65. The predicted molar refractivity (Wildman–Crippen MR) is 113 cm³/mol. The molecule has 5 aromatic rings. The molecule has 0 amide bonds. The Hall–Kier alpha value is -3.59. The van der Waals surface area contributed by atoms with Crippen molar-refractivity contribution in [3.63, 3.8) is 0 Å². The summed E-state index contributed by atoms with van der Waals surface area (Å²) in [5.41, 5.74) is 6.78. The summed E-state index contributed by atoms with van der Waals surface area (Å²) in [4.78, 5) is 6.87. The third-order valence-electron chi connectivity index (χ3n) is 5.03. The van der Waals surface area contributed by atoms with Crippen LogP contribution >= 0.6 is 0 Å². The molecule has 0 saturated heterocycles. The first-order valence-electron chi connectivity index (χ1n) is 9.06. The lowest BCUT2D eigenvalue weighted by Gasteiger charge is -2.25. The molecule has 0 aliphatic rings. The van der Waals surface area contributed by atoms with Crippen molar-refractivity contribution < 1.29 is 0 Å². The largest absolute Gasteiger partial charge is 0.342 e. The van der Waals surface area contributed by atoms with Crippen LogP contribution in [0.5, 0.6) is 0 Å². The van der Waals surface area contributed by atoms with Gasteiger partial charge in [0.15, 0.2) is 0 Å². The number of pyridine rings is 1. The number of hydrogen-bond acceptors (Lipinski definition) is 2. The summed E-state index contributed by atoms with van der Waals surface area (Å²) in [6.45, 7) is 0. The molecule has 2 heterocycles. The van der Waals surface area contributed by atoms with Crippen LogP contribution in [-0.2, 0) is 7.05 Å². The van der Waals surface area contributed by atoms with Gasteiger partial charge in [0.05, 0.1) is 16.6 Å². The summed E-state index contributed by atoms with van der Waals surface area (Å²) >= 11 is 0. The van der Waals surface area contributed by atoms with Crippen LogP contribution in [0.25, 0.3) is 21.9 Å². The van der Waals surface area contributed by atoms with Crippen molar-refractivity contribution in [2.45, 2.75) is 0 Å². The van der Waals surface area contributed by atoms with Gasteiger partial charge in [0, 0.05) is 35.7 Å². The molecule has 130 valence electrons. The van der Waals surface area contributed by atoms with Gasteiger partial charge in [-0.15, -0.1) is 0 Å². The Morgan fingerprint density at radius 2 is 1.33 bits per heavy atom. The summed E-state index contributed by atoms with van der Waals surface area (Å²) in [6, 6.07) is 31.7. The van der Waals surface area contributed by atoms with E-state index in [4.69, 9.17) is 0 Å². The average Bonchev–Trinajstić information content (AvgIpc) is 3.02. The van der Waals surface area contributed by atoms with Gasteiger partial charge in [-0.05, 0) is 54.6 Å². The molecule has 0 atom stereocenters. The molecule has 0 unspecified atom stereocenters. The van der Waals surface area contributed by atoms with E-state index in [1.807, 2.05) is 24.4 Å². The van der Waals surface area contributed by atoms with Gasteiger partial charge >= 0.3 is 0 Å². The highest BCUT2D eigenvalue weighted by molar-refractivity contribution is 6.06. The van der Waals surface area contributed by atoms with Crippen LogP contribution in [0.1, 0.15) is 0 Å². The van der Waals surface area contributed by atoms with Crippen LogP contribution in [0.3, 0.4) is 0 Å². The van der Waals surface area contributed by atoms with Crippen LogP contribution in [0.4, 0.5) is 17.1 Å². The Morgan fingerprint density at radius 3 is 2.00 bits per heavy atom. The van der Waals surface area contributed by atoms with E-state index < -0.39 is 0 Å². The zero-order valence-electron chi connectivity index (χ0n) is 15.1. The molecule has 3 nitrogen and oxygen atoms in total. The van der Waals surface area contributed by atoms with Crippen LogP contribution < -0.4 is 4.90 Å². The van der Waals surface area contributed by atoms with Crippen molar-refractivity contribution in [2.24, 2.45) is 7.05 Å². The van der Waals surface area contributed by atoms with E-state index in [1.54, 1.807) is 0 Å². The van der Waals surface area contributed by atoms with Gasteiger partial charge in [0.25, 0.3) is 0 Å². The molecule has 27 heavy (non-hydrogen) atoms. The minimum absolute atomic E-state index is 1.05. The van der Waals surface area contributed by atoms with Crippen molar-refractivity contribution >= 4 is 39.0 Å². The number of aryl methyl sites for hydroxylation is 1. The van der Waals surface area contributed by atoms with Crippen molar-refractivity contribution in [3.05, 3.63) is 97.2 Å². The lowest BCUT2D eigenvalue weighted by molar-refractivity contribution is 1.01. The minimum atomic E-state index is 1.05. The van der Waals surface area contributed by atoms with Gasteiger partial charge < -0.3 is 9.47 Å². The Bertz CT molecular complexity index is 1180. The quantitative estimate of drug-likeness (QED) is 0.387. The van der Waals surface area contributed by atoms with Crippen molar-refractivity contribution in [1.82, 2.24) is 9.55 Å². The Labute approximate surface area is 158 Å². The summed E-state index contributed by atoms with van der Waals surface area (Å²) in [6.07, 6.45) is 1.86. The van der Waals surface area contributed by atoms with Gasteiger partial charge in [0.1, 0.15) is 0 Å². The summed E-state index contributed by atoms with van der Waals surface area (Å²) < 4.78 is 2.22. The second-order valence-corrected chi connectivity index (χ2v) is 6.64. The standard InChI is InChI=1S/C24H19N3/c1-26-22-13-8-16-25-24(22)21-15-14-20(17-23(21)26)27(18-9-4-2-5-10-18)19-11-6-3-7-12-19/h2-17H,1H3. The van der Waals surface area contributed by atoms with E-state index in [0.717, 1.165) is 28.1 Å².